The third-order valence-electron chi connectivity index (χ3n) is 7.34. The second-order valence-electron chi connectivity index (χ2n) is 12.1. The SMILES string of the molecule is CCCCCCOC(=O)Nc1cc(Br)c(O)c(Br)c1.CCCCCCOC(=O)Nc1ccc(O)c(Cl)c1.CCCCCCOC(=O)Nc1ccc(O)c(F)c1. The standard InChI is InChI=1S/C13H17Br2NO3.C13H18ClNO3.C13H18FNO3/c1-2-3-4-5-6-19-13(18)16-9-7-10(14)12(17)11(15)8-9;2*1-2-3-4-5-8-18-13(17)15-10-6-7-12(16)11(14)9-10/h7-8,17H,2-6H2,1H3,(H,16,18);2*6-7,9,16H,2-5,8H2,1H3,(H,15,17). The largest absolute Gasteiger partial charge is 0.506 e. The molecule has 3 aromatic carbocycles. The highest BCUT2D eigenvalue weighted by molar-refractivity contribution is 9.11. The lowest BCUT2D eigenvalue weighted by Crippen LogP contribution is -2.14. The van der Waals surface area contributed by atoms with Gasteiger partial charge < -0.3 is 29.5 Å². The molecule has 0 atom stereocenters. The van der Waals surface area contributed by atoms with Gasteiger partial charge in [-0.2, -0.15) is 0 Å². The number of benzene rings is 3. The summed E-state index contributed by atoms with van der Waals surface area (Å²) < 4.78 is 29.0. The smallest absolute Gasteiger partial charge is 0.411 e. The molecule has 0 radical (unpaired) electrons. The fraction of sp³-hybridized carbons (Fsp3) is 0.462. The summed E-state index contributed by atoms with van der Waals surface area (Å²) >= 11 is 12.1. The molecule has 3 rings (SSSR count). The molecule has 306 valence electrons. The Labute approximate surface area is 344 Å². The van der Waals surface area contributed by atoms with Crippen LogP contribution in [0.25, 0.3) is 0 Å². The zero-order valence-corrected chi connectivity index (χ0v) is 35.5. The van der Waals surface area contributed by atoms with Crippen molar-refractivity contribution in [3.63, 3.8) is 0 Å². The molecule has 0 aliphatic heterocycles. The van der Waals surface area contributed by atoms with Crippen molar-refractivity contribution in [1.82, 2.24) is 0 Å². The van der Waals surface area contributed by atoms with E-state index in [1.54, 1.807) is 18.2 Å². The van der Waals surface area contributed by atoms with Gasteiger partial charge in [0.15, 0.2) is 11.6 Å². The van der Waals surface area contributed by atoms with E-state index >= 15 is 0 Å². The molecule has 0 aliphatic rings. The first-order chi connectivity index (χ1) is 26.3. The van der Waals surface area contributed by atoms with Crippen molar-refractivity contribution in [1.29, 1.82) is 0 Å². The Hall–Kier alpha value is -3.95. The van der Waals surface area contributed by atoms with Crippen LogP contribution in [0.3, 0.4) is 0 Å². The molecule has 6 N–H and O–H groups in total. The quantitative estimate of drug-likeness (QED) is 0.0412. The molecule has 0 aliphatic carbocycles. The summed E-state index contributed by atoms with van der Waals surface area (Å²) in [5, 5.41) is 35.5. The van der Waals surface area contributed by atoms with Gasteiger partial charge in [0.1, 0.15) is 11.5 Å². The number of hydrogen-bond acceptors (Lipinski definition) is 9. The summed E-state index contributed by atoms with van der Waals surface area (Å²) in [4.78, 5) is 34.3. The van der Waals surface area contributed by atoms with Gasteiger partial charge in [-0.05, 0) is 93.6 Å². The molecule has 0 heterocycles. The van der Waals surface area contributed by atoms with Crippen LogP contribution < -0.4 is 16.0 Å². The minimum Gasteiger partial charge on any atom is -0.506 e. The summed E-state index contributed by atoms with van der Waals surface area (Å²) in [6, 6.07) is 11.3. The number of phenolic OH excluding ortho intramolecular Hbond substituents is 3. The van der Waals surface area contributed by atoms with E-state index in [2.05, 4.69) is 68.6 Å². The van der Waals surface area contributed by atoms with Crippen molar-refractivity contribution in [2.75, 3.05) is 35.8 Å². The van der Waals surface area contributed by atoms with Crippen molar-refractivity contribution in [2.45, 2.75) is 97.8 Å². The number of unbranched alkanes of at least 4 members (excludes halogenated alkanes) is 9. The van der Waals surface area contributed by atoms with Gasteiger partial charge in [-0.1, -0.05) is 90.2 Å². The molecule has 3 amide bonds. The van der Waals surface area contributed by atoms with Crippen molar-refractivity contribution >= 4 is 78.8 Å². The molecule has 0 unspecified atom stereocenters. The first-order valence-corrected chi connectivity index (χ1v) is 20.2. The van der Waals surface area contributed by atoms with Crippen molar-refractivity contribution < 1.29 is 48.3 Å². The van der Waals surface area contributed by atoms with Crippen LogP contribution in [0.1, 0.15) is 97.8 Å². The predicted molar refractivity (Wildman–Crippen MR) is 222 cm³/mol. The van der Waals surface area contributed by atoms with Gasteiger partial charge in [0.05, 0.1) is 33.8 Å². The van der Waals surface area contributed by atoms with E-state index in [0.717, 1.165) is 83.1 Å². The Balaban J connectivity index is 0.000000413. The van der Waals surface area contributed by atoms with E-state index in [9.17, 15) is 29.0 Å². The molecule has 0 bridgehead atoms. The summed E-state index contributed by atoms with van der Waals surface area (Å²) in [6.45, 7) is 7.56. The number of rotatable bonds is 18. The van der Waals surface area contributed by atoms with E-state index in [1.165, 1.54) is 24.3 Å². The first kappa shape index (κ1) is 49.1. The fourth-order valence-corrected chi connectivity index (χ4v) is 5.72. The minimum absolute atomic E-state index is 0.0184. The average molecular weight is 922 g/mol. The molecular formula is C39H53Br2ClFN3O9. The van der Waals surface area contributed by atoms with Crippen LogP contribution in [-0.2, 0) is 14.2 Å². The summed E-state index contributed by atoms with van der Waals surface area (Å²) in [5.74, 6) is -1.15. The maximum absolute atomic E-state index is 13.0. The zero-order chi connectivity index (χ0) is 41.0. The van der Waals surface area contributed by atoms with E-state index in [1.807, 2.05) is 0 Å². The van der Waals surface area contributed by atoms with Gasteiger partial charge >= 0.3 is 18.3 Å². The average Bonchev–Trinajstić information content (AvgIpc) is 3.14. The second-order valence-corrected chi connectivity index (χ2v) is 14.2. The van der Waals surface area contributed by atoms with Gasteiger partial charge in [0.2, 0.25) is 0 Å². The van der Waals surface area contributed by atoms with Crippen LogP contribution in [0.5, 0.6) is 17.2 Å². The lowest BCUT2D eigenvalue weighted by Gasteiger charge is -2.09. The van der Waals surface area contributed by atoms with Crippen LogP contribution in [0.4, 0.5) is 35.8 Å². The molecule has 12 nitrogen and oxygen atoms in total. The van der Waals surface area contributed by atoms with Crippen LogP contribution in [-0.4, -0.2) is 53.4 Å². The Morgan fingerprint density at radius 1 is 0.582 bits per heavy atom. The Kier molecular flexibility index (Phi) is 26.2. The van der Waals surface area contributed by atoms with Crippen LogP contribution in [0.2, 0.25) is 5.02 Å². The molecule has 16 heteroatoms. The molecule has 0 saturated heterocycles. The Morgan fingerprint density at radius 3 is 1.35 bits per heavy atom. The van der Waals surface area contributed by atoms with Gasteiger partial charge in [-0.3, -0.25) is 16.0 Å². The normalized spacial score (nSPS) is 10.2. The third kappa shape index (κ3) is 22.9. The summed E-state index contributed by atoms with van der Waals surface area (Å²) in [6.07, 6.45) is 11.0. The van der Waals surface area contributed by atoms with E-state index in [4.69, 9.17) is 30.9 Å². The van der Waals surface area contributed by atoms with Gasteiger partial charge in [0, 0.05) is 23.1 Å². The molecule has 0 aromatic heterocycles. The molecular weight excluding hydrogens is 869 g/mol. The van der Waals surface area contributed by atoms with Crippen LogP contribution >= 0.6 is 43.5 Å². The first-order valence-electron chi connectivity index (χ1n) is 18.3. The maximum atomic E-state index is 13.0. The monoisotopic (exact) mass is 919 g/mol. The second kappa shape index (κ2) is 29.4. The number of halogens is 4. The molecule has 0 saturated carbocycles. The predicted octanol–water partition coefficient (Wildman–Crippen LogP) is 12.9. The number of carbonyl (C=O) groups is 3. The van der Waals surface area contributed by atoms with Gasteiger partial charge in [-0.25, -0.2) is 18.8 Å². The number of amides is 3. The number of hydrogen-bond donors (Lipinski definition) is 6. The highest BCUT2D eigenvalue weighted by atomic mass is 79.9. The minimum atomic E-state index is -0.782. The van der Waals surface area contributed by atoms with Gasteiger partial charge in [-0.15, -0.1) is 0 Å². The summed E-state index contributed by atoms with van der Waals surface area (Å²) in [7, 11) is 0. The Morgan fingerprint density at radius 2 is 0.964 bits per heavy atom. The number of carbonyl (C=O) groups excluding carboxylic acids is 3. The number of phenols is 3. The number of aromatic hydroxyl groups is 3. The Bertz CT molecular complexity index is 1510. The van der Waals surface area contributed by atoms with Crippen molar-refractivity contribution in [3.8, 4) is 17.2 Å². The van der Waals surface area contributed by atoms with Crippen LogP contribution in [0, 0.1) is 5.82 Å². The third-order valence-corrected chi connectivity index (χ3v) is 8.86. The zero-order valence-electron chi connectivity index (χ0n) is 31.5. The van der Waals surface area contributed by atoms with E-state index < -0.39 is 29.8 Å². The van der Waals surface area contributed by atoms with Crippen molar-refractivity contribution in [2.24, 2.45) is 0 Å². The number of anilines is 3. The molecule has 3 aromatic rings. The van der Waals surface area contributed by atoms with Crippen molar-refractivity contribution in [3.05, 3.63) is 68.3 Å². The van der Waals surface area contributed by atoms with E-state index in [-0.39, 0.29) is 22.2 Å². The topological polar surface area (TPSA) is 176 Å². The number of nitrogens with one attached hydrogen (secondary N) is 3. The fourth-order valence-electron chi connectivity index (χ4n) is 4.35. The summed E-state index contributed by atoms with van der Waals surface area (Å²) in [5.41, 5.74) is 1.30. The van der Waals surface area contributed by atoms with Crippen LogP contribution in [0.15, 0.2) is 57.5 Å². The van der Waals surface area contributed by atoms with E-state index in [0.29, 0.717) is 40.1 Å². The molecule has 0 fully saturated rings. The lowest BCUT2D eigenvalue weighted by atomic mass is 10.2. The maximum Gasteiger partial charge on any atom is 0.411 e. The molecule has 55 heavy (non-hydrogen) atoms. The number of ether oxygens (including phenoxy) is 3. The molecule has 0 spiro atoms. The highest BCUT2D eigenvalue weighted by Gasteiger charge is 2.10. The highest BCUT2D eigenvalue weighted by Crippen LogP contribution is 2.35. The lowest BCUT2D eigenvalue weighted by molar-refractivity contribution is 0.158. The van der Waals surface area contributed by atoms with Gasteiger partial charge in [0.25, 0.3) is 0 Å².